The summed E-state index contributed by atoms with van der Waals surface area (Å²) >= 11 is 0. The van der Waals surface area contributed by atoms with Crippen molar-refractivity contribution in [2.75, 3.05) is 12.0 Å². The summed E-state index contributed by atoms with van der Waals surface area (Å²) in [7, 11) is 0. The molecule has 0 aliphatic rings. The van der Waals surface area contributed by atoms with Crippen molar-refractivity contribution in [3.05, 3.63) is 34.4 Å². The van der Waals surface area contributed by atoms with E-state index in [9.17, 15) is 10.1 Å². The predicted molar refractivity (Wildman–Crippen MR) is 72.0 cm³/mol. The minimum absolute atomic E-state index is 0.0442. The number of non-ortho nitro benzene ring substituents is 1. The molecule has 0 amide bonds. The first kappa shape index (κ1) is 14.4. The van der Waals surface area contributed by atoms with Gasteiger partial charge in [-0.25, -0.2) is 5.84 Å². The Morgan fingerprint density at radius 1 is 1.24 bits per heavy atom. The summed E-state index contributed by atoms with van der Waals surface area (Å²) in [5.41, 5.74) is 2.22. The van der Waals surface area contributed by atoms with Gasteiger partial charge in [0.2, 0.25) is 5.95 Å². The number of nitrogens with zero attached hydrogens (tertiary/aromatic N) is 4. The number of hydrazine groups is 1. The van der Waals surface area contributed by atoms with Gasteiger partial charge in [0.05, 0.1) is 11.5 Å². The van der Waals surface area contributed by atoms with Crippen molar-refractivity contribution >= 4 is 11.6 Å². The van der Waals surface area contributed by atoms with Crippen LogP contribution in [-0.2, 0) is 0 Å². The first-order valence-electron chi connectivity index (χ1n) is 5.90. The SMILES string of the molecule is CCOc1nc(NN)nc(Oc2ccc([N+](=O)[O-])cc2)n1. The van der Waals surface area contributed by atoms with E-state index in [0.29, 0.717) is 12.4 Å². The number of ether oxygens (including phenoxy) is 2. The third kappa shape index (κ3) is 3.73. The maximum atomic E-state index is 10.6. The molecule has 0 radical (unpaired) electrons. The van der Waals surface area contributed by atoms with Crippen molar-refractivity contribution in [1.29, 1.82) is 0 Å². The topological polar surface area (TPSA) is 138 Å². The van der Waals surface area contributed by atoms with Crippen LogP contribution in [0.15, 0.2) is 24.3 Å². The lowest BCUT2D eigenvalue weighted by atomic mass is 10.3. The van der Waals surface area contributed by atoms with Crippen molar-refractivity contribution in [3.8, 4) is 17.8 Å². The summed E-state index contributed by atoms with van der Waals surface area (Å²) in [5.74, 6) is 5.65. The van der Waals surface area contributed by atoms with Gasteiger partial charge in [0, 0.05) is 12.1 Å². The molecule has 0 unspecified atom stereocenters. The van der Waals surface area contributed by atoms with E-state index in [1.807, 2.05) is 0 Å². The van der Waals surface area contributed by atoms with E-state index >= 15 is 0 Å². The van der Waals surface area contributed by atoms with Gasteiger partial charge in [-0.1, -0.05) is 0 Å². The van der Waals surface area contributed by atoms with Crippen molar-refractivity contribution < 1.29 is 14.4 Å². The highest BCUT2D eigenvalue weighted by atomic mass is 16.6. The second-order valence-corrected chi connectivity index (χ2v) is 3.65. The number of anilines is 1. The van der Waals surface area contributed by atoms with Gasteiger partial charge >= 0.3 is 12.0 Å². The Bertz CT molecular complexity index is 633. The highest BCUT2D eigenvalue weighted by molar-refractivity contribution is 5.37. The van der Waals surface area contributed by atoms with Crippen LogP contribution in [0.4, 0.5) is 11.6 Å². The van der Waals surface area contributed by atoms with E-state index in [2.05, 4.69) is 20.4 Å². The molecule has 0 fully saturated rings. The fourth-order valence-electron chi connectivity index (χ4n) is 1.38. The average molecular weight is 292 g/mol. The molecule has 10 heteroatoms. The molecule has 0 saturated heterocycles. The van der Waals surface area contributed by atoms with Gasteiger partial charge in [-0.15, -0.1) is 4.98 Å². The van der Waals surface area contributed by atoms with E-state index in [0.717, 1.165) is 0 Å². The number of aromatic nitrogens is 3. The maximum Gasteiger partial charge on any atom is 0.330 e. The van der Waals surface area contributed by atoms with Crippen molar-refractivity contribution in [3.63, 3.8) is 0 Å². The van der Waals surface area contributed by atoms with Crippen molar-refractivity contribution in [2.45, 2.75) is 6.92 Å². The normalized spacial score (nSPS) is 10.0. The number of nitrogen functional groups attached to an aromatic ring is 1. The quantitative estimate of drug-likeness (QED) is 0.457. The predicted octanol–water partition coefficient (Wildman–Crippen LogP) is 1.26. The van der Waals surface area contributed by atoms with Crippen LogP contribution in [0, 0.1) is 10.1 Å². The van der Waals surface area contributed by atoms with E-state index < -0.39 is 4.92 Å². The molecule has 2 aromatic rings. The molecule has 21 heavy (non-hydrogen) atoms. The highest BCUT2D eigenvalue weighted by Crippen LogP contribution is 2.22. The number of nitro groups is 1. The van der Waals surface area contributed by atoms with Crippen LogP contribution in [0.5, 0.6) is 17.8 Å². The lowest BCUT2D eigenvalue weighted by Crippen LogP contribution is -2.12. The Hall–Kier alpha value is -3.01. The zero-order valence-electron chi connectivity index (χ0n) is 11.0. The van der Waals surface area contributed by atoms with Crippen LogP contribution in [0.25, 0.3) is 0 Å². The molecule has 0 bridgehead atoms. The van der Waals surface area contributed by atoms with Gasteiger partial charge in [-0.05, 0) is 19.1 Å². The van der Waals surface area contributed by atoms with E-state index in [1.54, 1.807) is 6.92 Å². The number of hydrogen-bond donors (Lipinski definition) is 2. The van der Waals surface area contributed by atoms with Gasteiger partial charge in [0.1, 0.15) is 5.75 Å². The zero-order valence-corrected chi connectivity index (χ0v) is 11.0. The van der Waals surface area contributed by atoms with Gasteiger partial charge in [0.15, 0.2) is 0 Å². The molecule has 2 rings (SSSR count). The molecule has 0 saturated carbocycles. The van der Waals surface area contributed by atoms with Crippen LogP contribution >= 0.6 is 0 Å². The third-order valence-corrected chi connectivity index (χ3v) is 2.25. The molecule has 1 aromatic carbocycles. The molecule has 0 aliphatic carbocycles. The first-order valence-corrected chi connectivity index (χ1v) is 5.90. The smallest absolute Gasteiger partial charge is 0.330 e. The van der Waals surface area contributed by atoms with Crippen LogP contribution in [0.3, 0.4) is 0 Å². The van der Waals surface area contributed by atoms with Crippen LogP contribution in [0.1, 0.15) is 6.92 Å². The van der Waals surface area contributed by atoms with Crippen LogP contribution in [-0.4, -0.2) is 26.5 Å². The number of nitrogens with two attached hydrogens (primary N) is 1. The molecule has 3 N–H and O–H groups in total. The lowest BCUT2D eigenvalue weighted by molar-refractivity contribution is -0.384. The number of nitro benzene ring substituents is 1. The summed E-state index contributed by atoms with van der Waals surface area (Å²) in [4.78, 5) is 21.8. The third-order valence-electron chi connectivity index (χ3n) is 2.25. The Balaban J connectivity index is 2.21. The second kappa shape index (κ2) is 6.43. The van der Waals surface area contributed by atoms with Gasteiger partial charge in [-0.3, -0.25) is 15.5 Å². The molecule has 0 spiro atoms. The molecule has 0 aliphatic heterocycles. The fraction of sp³-hybridized carbons (Fsp3) is 0.182. The molecule has 1 heterocycles. The fourth-order valence-corrected chi connectivity index (χ4v) is 1.38. The Morgan fingerprint density at radius 3 is 2.48 bits per heavy atom. The molecular formula is C11H12N6O4. The Kier molecular flexibility index (Phi) is 4.41. The van der Waals surface area contributed by atoms with Gasteiger partial charge < -0.3 is 9.47 Å². The number of rotatable bonds is 6. The van der Waals surface area contributed by atoms with Gasteiger partial charge in [-0.2, -0.15) is 9.97 Å². The largest absolute Gasteiger partial charge is 0.464 e. The maximum absolute atomic E-state index is 10.6. The van der Waals surface area contributed by atoms with E-state index in [1.165, 1.54) is 24.3 Å². The van der Waals surface area contributed by atoms with Crippen molar-refractivity contribution in [2.24, 2.45) is 5.84 Å². The van der Waals surface area contributed by atoms with E-state index in [4.69, 9.17) is 15.3 Å². The Morgan fingerprint density at radius 2 is 1.90 bits per heavy atom. The molecule has 0 atom stereocenters. The number of nitrogens with one attached hydrogen (secondary N) is 1. The van der Waals surface area contributed by atoms with Gasteiger partial charge in [0.25, 0.3) is 5.69 Å². The molecule has 10 nitrogen and oxygen atoms in total. The number of benzene rings is 1. The summed E-state index contributed by atoms with van der Waals surface area (Å²) < 4.78 is 10.5. The second-order valence-electron chi connectivity index (χ2n) is 3.65. The average Bonchev–Trinajstić information content (AvgIpc) is 2.48. The first-order chi connectivity index (χ1) is 10.1. The lowest BCUT2D eigenvalue weighted by Gasteiger charge is -2.07. The Labute approximate surface area is 119 Å². The number of hydrogen-bond acceptors (Lipinski definition) is 9. The minimum Gasteiger partial charge on any atom is -0.464 e. The van der Waals surface area contributed by atoms with Crippen molar-refractivity contribution in [1.82, 2.24) is 15.0 Å². The van der Waals surface area contributed by atoms with Crippen LogP contribution < -0.4 is 20.7 Å². The zero-order chi connectivity index (χ0) is 15.2. The summed E-state index contributed by atoms with van der Waals surface area (Å²) in [6, 6.07) is 5.48. The highest BCUT2D eigenvalue weighted by Gasteiger charge is 2.10. The monoisotopic (exact) mass is 292 g/mol. The summed E-state index contributed by atoms with van der Waals surface area (Å²) in [6.45, 7) is 2.14. The summed E-state index contributed by atoms with van der Waals surface area (Å²) in [6.07, 6.45) is 0. The molecule has 110 valence electrons. The standard InChI is InChI=1S/C11H12N6O4/c1-2-20-10-13-9(16-12)14-11(15-10)21-8-5-3-7(4-6-8)17(18)19/h3-6H,2,12H2,1H3,(H,13,14,15,16). The summed E-state index contributed by atoms with van der Waals surface area (Å²) in [5, 5.41) is 10.6. The van der Waals surface area contributed by atoms with E-state index in [-0.39, 0.29) is 23.7 Å². The minimum atomic E-state index is -0.504. The van der Waals surface area contributed by atoms with Crippen LogP contribution in [0.2, 0.25) is 0 Å². The molecule has 1 aromatic heterocycles. The molecular weight excluding hydrogens is 280 g/mol.